The molecule has 0 fully saturated rings. The van der Waals surface area contributed by atoms with E-state index in [1.165, 1.54) is 6.20 Å². The number of aromatic nitrogens is 1. The van der Waals surface area contributed by atoms with Crippen molar-refractivity contribution in [2.24, 2.45) is 5.73 Å². The zero-order valence-electron chi connectivity index (χ0n) is 6.75. The Bertz CT molecular complexity index is 303. The van der Waals surface area contributed by atoms with Crippen molar-refractivity contribution in [1.82, 2.24) is 4.98 Å². The summed E-state index contributed by atoms with van der Waals surface area (Å²) in [5, 5.41) is 0.136. The summed E-state index contributed by atoms with van der Waals surface area (Å²) < 4.78 is 36.2. The van der Waals surface area contributed by atoms with Gasteiger partial charge in [0.1, 0.15) is 6.04 Å². The fourth-order valence-corrected chi connectivity index (χ4v) is 0.970. The average Bonchev–Trinajstić information content (AvgIpc) is 2.01. The summed E-state index contributed by atoms with van der Waals surface area (Å²) in [5.74, 6) is 0. The summed E-state index contributed by atoms with van der Waals surface area (Å²) >= 11 is 5.45. The second-order valence-electron chi connectivity index (χ2n) is 2.46. The van der Waals surface area contributed by atoms with Crippen LogP contribution in [0.2, 0.25) is 5.02 Å². The first-order valence-electron chi connectivity index (χ1n) is 3.34. The lowest BCUT2D eigenvalue weighted by Crippen LogP contribution is -2.28. The van der Waals surface area contributed by atoms with E-state index < -0.39 is 12.2 Å². The molecule has 1 heterocycles. The lowest BCUT2D eigenvalue weighted by Gasteiger charge is -2.15. The van der Waals surface area contributed by atoms with Crippen LogP contribution in [-0.2, 0) is 0 Å². The van der Waals surface area contributed by atoms with Gasteiger partial charge >= 0.3 is 6.18 Å². The van der Waals surface area contributed by atoms with Gasteiger partial charge in [-0.15, -0.1) is 12.4 Å². The Morgan fingerprint density at radius 2 is 1.93 bits per heavy atom. The van der Waals surface area contributed by atoms with Crippen LogP contribution < -0.4 is 5.73 Å². The molecular weight excluding hydrogens is 240 g/mol. The molecular formula is C7H7Cl2F3N2. The van der Waals surface area contributed by atoms with E-state index in [-0.39, 0.29) is 23.0 Å². The fourth-order valence-electron chi connectivity index (χ4n) is 0.787. The molecule has 7 heteroatoms. The molecule has 0 aliphatic rings. The summed E-state index contributed by atoms with van der Waals surface area (Å²) in [6.45, 7) is 0. The summed E-state index contributed by atoms with van der Waals surface area (Å²) in [5.41, 5.74) is 4.78. The number of rotatable bonds is 1. The van der Waals surface area contributed by atoms with Crippen molar-refractivity contribution in [3.63, 3.8) is 0 Å². The molecule has 0 saturated carbocycles. The molecule has 1 atom stereocenters. The maximum absolute atomic E-state index is 12.1. The molecule has 2 N–H and O–H groups in total. The molecule has 2 nitrogen and oxygen atoms in total. The van der Waals surface area contributed by atoms with Gasteiger partial charge in [-0.2, -0.15) is 13.2 Å². The number of alkyl halides is 3. The van der Waals surface area contributed by atoms with Crippen molar-refractivity contribution >= 4 is 24.0 Å². The Labute approximate surface area is 89.7 Å². The molecule has 80 valence electrons. The van der Waals surface area contributed by atoms with Crippen LogP contribution in [-0.4, -0.2) is 11.2 Å². The van der Waals surface area contributed by atoms with Gasteiger partial charge in [0.2, 0.25) is 0 Å². The summed E-state index contributed by atoms with van der Waals surface area (Å²) in [4.78, 5) is 3.51. The number of pyridine rings is 1. The third kappa shape index (κ3) is 3.32. The minimum absolute atomic E-state index is 0. The molecule has 1 rings (SSSR count). The van der Waals surface area contributed by atoms with Crippen LogP contribution >= 0.6 is 24.0 Å². The van der Waals surface area contributed by atoms with E-state index in [2.05, 4.69) is 4.98 Å². The van der Waals surface area contributed by atoms with Gasteiger partial charge in [-0.3, -0.25) is 4.98 Å². The Kier molecular flexibility index (Phi) is 4.64. The lowest BCUT2D eigenvalue weighted by molar-refractivity contribution is -0.149. The highest BCUT2D eigenvalue weighted by Crippen LogP contribution is 2.30. The van der Waals surface area contributed by atoms with Crippen LogP contribution in [0.25, 0.3) is 0 Å². The molecule has 1 aromatic heterocycles. The van der Waals surface area contributed by atoms with Crippen molar-refractivity contribution < 1.29 is 13.2 Å². The van der Waals surface area contributed by atoms with Gasteiger partial charge < -0.3 is 5.73 Å². The number of nitrogens with two attached hydrogens (primary N) is 1. The zero-order chi connectivity index (χ0) is 10.1. The number of halogens is 5. The quantitative estimate of drug-likeness (QED) is 0.828. The van der Waals surface area contributed by atoms with E-state index in [0.29, 0.717) is 0 Å². The summed E-state index contributed by atoms with van der Waals surface area (Å²) in [6, 6.07) is -0.883. The smallest absolute Gasteiger partial charge is 0.316 e. The van der Waals surface area contributed by atoms with E-state index in [1.54, 1.807) is 0 Å². The Balaban J connectivity index is 0.00000169. The normalized spacial score (nSPS) is 13.2. The van der Waals surface area contributed by atoms with Crippen LogP contribution in [0.4, 0.5) is 13.2 Å². The number of hydrogen-bond donors (Lipinski definition) is 1. The summed E-state index contributed by atoms with van der Waals surface area (Å²) in [6.07, 6.45) is -2.18. The zero-order valence-corrected chi connectivity index (χ0v) is 8.33. The van der Waals surface area contributed by atoms with Crippen molar-refractivity contribution in [2.75, 3.05) is 0 Å². The van der Waals surface area contributed by atoms with Crippen molar-refractivity contribution in [3.8, 4) is 0 Å². The van der Waals surface area contributed by atoms with Gasteiger partial charge in [-0.05, 0) is 11.6 Å². The predicted molar refractivity (Wildman–Crippen MR) is 49.5 cm³/mol. The monoisotopic (exact) mass is 246 g/mol. The topological polar surface area (TPSA) is 38.9 Å². The van der Waals surface area contributed by atoms with Crippen LogP contribution in [0.5, 0.6) is 0 Å². The second-order valence-corrected chi connectivity index (χ2v) is 2.89. The Morgan fingerprint density at radius 3 is 2.36 bits per heavy atom. The first-order chi connectivity index (χ1) is 5.91. The first-order valence-corrected chi connectivity index (χ1v) is 3.72. The van der Waals surface area contributed by atoms with E-state index in [1.807, 2.05) is 0 Å². The molecule has 0 amide bonds. The second kappa shape index (κ2) is 4.82. The highest BCUT2D eigenvalue weighted by atomic mass is 35.5. The van der Waals surface area contributed by atoms with Gasteiger partial charge in [0.15, 0.2) is 0 Å². The fraction of sp³-hybridized carbons (Fsp3) is 0.286. The standard InChI is InChI=1S/C7H6ClF3N2.ClH/c8-5-1-4(2-13-3-5)6(12)7(9,10)11;/h1-3,6H,12H2;1H/t6-;/m1./s1. The third-order valence-electron chi connectivity index (χ3n) is 1.44. The molecule has 0 aliphatic heterocycles. The van der Waals surface area contributed by atoms with E-state index in [0.717, 1.165) is 12.3 Å². The van der Waals surface area contributed by atoms with Gasteiger partial charge in [-0.25, -0.2) is 0 Å². The number of hydrogen-bond acceptors (Lipinski definition) is 2. The molecule has 0 radical (unpaired) electrons. The Hall–Kier alpha value is -0.520. The van der Waals surface area contributed by atoms with Gasteiger partial charge in [-0.1, -0.05) is 11.6 Å². The molecule has 0 aromatic carbocycles. The molecule has 0 spiro atoms. The number of nitrogens with zero attached hydrogens (tertiary/aromatic N) is 1. The maximum atomic E-state index is 12.1. The largest absolute Gasteiger partial charge is 0.407 e. The van der Waals surface area contributed by atoms with E-state index >= 15 is 0 Å². The average molecular weight is 247 g/mol. The SMILES string of the molecule is Cl.N[C@H](c1cncc(Cl)c1)C(F)(F)F. The molecule has 0 saturated heterocycles. The first kappa shape index (κ1) is 13.5. The summed E-state index contributed by atoms with van der Waals surface area (Å²) in [7, 11) is 0. The highest BCUT2D eigenvalue weighted by molar-refractivity contribution is 6.30. The van der Waals surface area contributed by atoms with Crippen molar-refractivity contribution in [3.05, 3.63) is 29.0 Å². The van der Waals surface area contributed by atoms with Gasteiger partial charge in [0.25, 0.3) is 0 Å². The van der Waals surface area contributed by atoms with E-state index in [4.69, 9.17) is 17.3 Å². The Morgan fingerprint density at radius 1 is 1.36 bits per heavy atom. The van der Waals surface area contributed by atoms with Crippen LogP contribution in [0.3, 0.4) is 0 Å². The molecule has 0 aliphatic carbocycles. The maximum Gasteiger partial charge on any atom is 0.407 e. The molecule has 0 unspecified atom stereocenters. The van der Waals surface area contributed by atoms with Crippen LogP contribution in [0.1, 0.15) is 11.6 Å². The third-order valence-corrected chi connectivity index (χ3v) is 1.64. The predicted octanol–water partition coefficient (Wildman–Crippen LogP) is 2.72. The molecule has 14 heavy (non-hydrogen) atoms. The molecule has 1 aromatic rings. The lowest BCUT2D eigenvalue weighted by atomic mass is 10.1. The van der Waals surface area contributed by atoms with Crippen LogP contribution in [0, 0.1) is 0 Å². The minimum atomic E-state index is -4.47. The van der Waals surface area contributed by atoms with Crippen LogP contribution in [0.15, 0.2) is 18.5 Å². The molecule has 0 bridgehead atoms. The minimum Gasteiger partial charge on any atom is -0.316 e. The van der Waals surface area contributed by atoms with Gasteiger partial charge in [0, 0.05) is 12.4 Å². The van der Waals surface area contributed by atoms with Gasteiger partial charge in [0.05, 0.1) is 5.02 Å². The van der Waals surface area contributed by atoms with Crippen molar-refractivity contribution in [2.45, 2.75) is 12.2 Å². The van der Waals surface area contributed by atoms with E-state index in [9.17, 15) is 13.2 Å². The highest BCUT2D eigenvalue weighted by Gasteiger charge is 2.37. The van der Waals surface area contributed by atoms with Crippen molar-refractivity contribution in [1.29, 1.82) is 0 Å².